The van der Waals surface area contributed by atoms with Crippen molar-refractivity contribution in [2.45, 2.75) is 49.3 Å². The monoisotopic (exact) mass is 465 g/mol. The maximum atomic E-state index is 6.28. The molecule has 2 nitrogen and oxygen atoms in total. The van der Waals surface area contributed by atoms with Crippen molar-refractivity contribution in [1.29, 1.82) is 0 Å². The zero-order chi connectivity index (χ0) is 22.9. The van der Waals surface area contributed by atoms with Crippen molar-refractivity contribution in [3.8, 4) is 0 Å². The highest BCUT2D eigenvalue weighted by atomic mass is 32.2. The summed E-state index contributed by atoms with van der Waals surface area (Å²) in [6.07, 6.45) is 6.94. The molecule has 1 saturated heterocycles. The number of allylic oxidation sites excluding steroid dienone is 1. The third kappa shape index (κ3) is 4.35. The van der Waals surface area contributed by atoms with Gasteiger partial charge in [-0.25, -0.2) is 0 Å². The summed E-state index contributed by atoms with van der Waals surface area (Å²) >= 11 is 1.94. The van der Waals surface area contributed by atoms with Crippen LogP contribution in [0, 0.1) is 0 Å². The maximum absolute atomic E-state index is 6.28. The molecule has 3 aromatic carbocycles. The van der Waals surface area contributed by atoms with Gasteiger partial charge in [0, 0.05) is 35.0 Å². The van der Waals surface area contributed by atoms with E-state index in [4.69, 9.17) is 4.42 Å². The van der Waals surface area contributed by atoms with E-state index in [2.05, 4.69) is 90.7 Å². The van der Waals surface area contributed by atoms with Gasteiger partial charge in [-0.15, -0.1) is 11.8 Å². The van der Waals surface area contributed by atoms with Crippen LogP contribution in [0.25, 0.3) is 16.5 Å². The molecule has 34 heavy (non-hydrogen) atoms. The van der Waals surface area contributed by atoms with Crippen LogP contribution >= 0.6 is 11.8 Å². The predicted octanol–water partition coefficient (Wildman–Crippen LogP) is 7.74. The number of fused-ring (bicyclic) bond motifs is 3. The fourth-order valence-corrected chi connectivity index (χ4v) is 6.49. The van der Waals surface area contributed by atoms with Crippen LogP contribution in [0.3, 0.4) is 0 Å². The topological polar surface area (TPSA) is 16.4 Å². The van der Waals surface area contributed by atoms with Crippen molar-refractivity contribution in [3.63, 3.8) is 0 Å². The third-order valence-corrected chi connectivity index (χ3v) is 8.50. The summed E-state index contributed by atoms with van der Waals surface area (Å²) in [4.78, 5) is 3.95. The molecule has 3 heteroatoms. The zero-order valence-corrected chi connectivity index (χ0v) is 20.6. The van der Waals surface area contributed by atoms with Crippen molar-refractivity contribution in [3.05, 3.63) is 107 Å². The number of thioether (sulfide) groups is 1. The summed E-state index contributed by atoms with van der Waals surface area (Å²) in [6.45, 7) is 4.66. The van der Waals surface area contributed by atoms with E-state index in [1.807, 2.05) is 11.8 Å². The maximum Gasteiger partial charge on any atom is 0.134 e. The van der Waals surface area contributed by atoms with Crippen LogP contribution in [0.5, 0.6) is 0 Å². The van der Waals surface area contributed by atoms with E-state index in [-0.39, 0.29) is 0 Å². The number of hydrogen-bond acceptors (Lipinski definition) is 3. The predicted molar refractivity (Wildman–Crippen MR) is 143 cm³/mol. The summed E-state index contributed by atoms with van der Waals surface area (Å²) in [6, 6.07) is 27.3. The number of furan rings is 1. The Kier molecular flexibility index (Phi) is 6.07. The van der Waals surface area contributed by atoms with Crippen molar-refractivity contribution in [1.82, 2.24) is 4.90 Å². The molecule has 0 amide bonds. The van der Waals surface area contributed by atoms with Gasteiger partial charge in [-0.3, -0.25) is 0 Å². The van der Waals surface area contributed by atoms with Gasteiger partial charge in [0.25, 0.3) is 0 Å². The van der Waals surface area contributed by atoms with Gasteiger partial charge in [-0.1, -0.05) is 60.7 Å². The average molecular weight is 466 g/mol. The lowest BCUT2D eigenvalue weighted by Gasteiger charge is -2.19. The fourth-order valence-electron chi connectivity index (χ4n) is 5.42. The van der Waals surface area contributed by atoms with Gasteiger partial charge in [-0.05, 0) is 78.8 Å². The van der Waals surface area contributed by atoms with Crippen LogP contribution in [0.15, 0.2) is 88.2 Å². The largest absolute Gasteiger partial charge is 0.461 e. The molecule has 1 aromatic heterocycles. The Balaban J connectivity index is 1.26. The summed E-state index contributed by atoms with van der Waals surface area (Å²) in [7, 11) is 0. The average Bonchev–Trinajstić information content (AvgIpc) is 3.43. The molecule has 0 saturated carbocycles. The second kappa shape index (κ2) is 9.48. The highest BCUT2D eigenvalue weighted by molar-refractivity contribution is 7.98. The Hall–Kier alpha value is -2.75. The molecule has 0 radical (unpaired) electrons. The summed E-state index contributed by atoms with van der Waals surface area (Å²) < 4.78 is 6.28. The zero-order valence-electron chi connectivity index (χ0n) is 19.8. The van der Waals surface area contributed by atoms with Gasteiger partial charge in [-0.2, -0.15) is 0 Å². The van der Waals surface area contributed by atoms with Crippen LogP contribution in [0.2, 0.25) is 0 Å². The fraction of sp³-hybridized carbons (Fsp3) is 0.290. The second-order valence-electron chi connectivity index (χ2n) is 9.63. The molecule has 2 aliphatic heterocycles. The molecule has 0 N–H and O–H groups in total. The molecular formula is C31H31NOS. The van der Waals surface area contributed by atoms with Crippen LogP contribution in [-0.4, -0.2) is 24.0 Å². The highest BCUT2D eigenvalue weighted by Crippen LogP contribution is 2.40. The third-order valence-electron chi connectivity index (χ3n) is 7.38. The molecule has 0 aliphatic carbocycles. The summed E-state index contributed by atoms with van der Waals surface area (Å²) in [5, 5.41) is 1.21. The first-order valence-electron chi connectivity index (χ1n) is 12.5. The molecule has 172 valence electrons. The summed E-state index contributed by atoms with van der Waals surface area (Å²) in [5.74, 6) is 2.12. The standard InChI is InChI=1S/C31H31NOS/c1-22-7-6-17-32(22)18-16-26-20-24-14-12-23(19-30(24)33-26)13-15-28-27-9-3-2-8-25(27)21-34-31-11-5-4-10-29(28)31/h2-5,8-12,14-15,19-20,22H,6-7,13,16-18,21H2,1H3/t22-/m1/s1. The Morgan fingerprint density at radius 2 is 1.85 bits per heavy atom. The minimum atomic E-state index is 0.710. The SMILES string of the molecule is C[C@@H]1CCCN1CCc1cc2ccc(CC=C3c4ccccc4CSc4ccccc43)cc2o1. The number of likely N-dealkylation sites (tertiary alicyclic amines) is 1. The molecule has 3 heterocycles. The Bertz CT molecular complexity index is 1300. The van der Waals surface area contributed by atoms with Crippen molar-refractivity contribution in [2.75, 3.05) is 13.1 Å². The van der Waals surface area contributed by atoms with Gasteiger partial charge in [0.2, 0.25) is 0 Å². The van der Waals surface area contributed by atoms with Crippen molar-refractivity contribution in [2.24, 2.45) is 0 Å². The van der Waals surface area contributed by atoms with Crippen molar-refractivity contribution >= 4 is 28.3 Å². The second-order valence-corrected chi connectivity index (χ2v) is 10.6. The van der Waals surface area contributed by atoms with Gasteiger partial charge in [0.05, 0.1) is 0 Å². The molecule has 1 fully saturated rings. The highest BCUT2D eigenvalue weighted by Gasteiger charge is 2.20. The van der Waals surface area contributed by atoms with E-state index >= 15 is 0 Å². The Morgan fingerprint density at radius 1 is 1.00 bits per heavy atom. The minimum absolute atomic E-state index is 0.710. The molecule has 1 atom stereocenters. The molecular weight excluding hydrogens is 434 g/mol. The number of rotatable bonds is 5. The van der Waals surface area contributed by atoms with Gasteiger partial charge in [0.15, 0.2) is 0 Å². The first-order chi connectivity index (χ1) is 16.7. The van der Waals surface area contributed by atoms with E-state index in [1.54, 1.807) is 0 Å². The van der Waals surface area contributed by atoms with E-state index in [0.29, 0.717) is 6.04 Å². The quantitative estimate of drug-likeness (QED) is 0.300. The van der Waals surface area contributed by atoms with Crippen LogP contribution in [0.1, 0.15) is 47.8 Å². The van der Waals surface area contributed by atoms with E-state index < -0.39 is 0 Å². The molecule has 0 bridgehead atoms. The van der Waals surface area contributed by atoms with E-state index in [1.165, 1.54) is 57.5 Å². The van der Waals surface area contributed by atoms with Crippen LogP contribution in [-0.2, 0) is 18.6 Å². The molecule has 4 aromatic rings. The van der Waals surface area contributed by atoms with Crippen molar-refractivity contribution < 1.29 is 4.42 Å². The number of benzene rings is 3. The molecule has 0 unspecified atom stereocenters. The lowest BCUT2D eigenvalue weighted by Crippen LogP contribution is -2.28. The first kappa shape index (κ1) is 21.8. The van der Waals surface area contributed by atoms with E-state index in [9.17, 15) is 0 Å². The van der Waals surface area contributed by atoms with E-state index in [0.717, 1.165) is 36.5 Å². The molecule has 2 aliphatic rings. The van der Waals surface area contributed by atoms with Gasteiger partial charge >= 0.3 is 0 Å². The lowest BCUT2D eigenvalue weighted by atomic mass is 9.93. The van der Waals surface area contributed by atoms with Crippen LogP contribution < -0.4 is 0 Å². The normalized spacial score (nSPS) is 19.3. The number of nitrogens with zero attached hydrogens (tertiary/aromatic N) is 1. The van der Waals surface area contributed by atoms with Gasteiger partial charge < -0.3 is 9.32 Å². The van der Waals surface area contributed by atoms with Crippen LogP contribution in [0.4, 0.5) is 0 Å². The van der Waals surface area contributed by atoms with Gasteiger partial charge in [0.1, 0.15) is 11.3 Å². The Labute approximate surface area is 206 Å². The molecule has 0 spiro atoms. The smallest absolute Gasteiger partial charge is 0.134 e. The minimum Gasteiger partial charge on any atom is -0.461 e. The lowest BCUT2D eigenvalue weighted by molar-refractivity contribution is 0.266. The summed E-state index contributed by atoms with van der Waals surface area (Å²) in [5.41, 5.74) is 7.76. The first-order valence-corrected chi connectivity index (χ1v) is 13.5. The molecule has 6 rings (SSSR count). The number of hydrogen-bond donors (Lipinski definition) is 0. The Morgan fingerprint density at radius 3 is 2.74 bits per heavy atom.